The van der Waals surface area contributed by atoms with Crippen LogP contribution in [-0.2, 0) is 11.3 Å². The van der Waals surface area contributed by atoms with Crippen molar-refractivity contribution in [2.75, 3.05) is 5.32 Å². The molecule has 0 aliphatic heterocycles. The van der Waals surface area contributed by atoms with E-state index >= 15 is 0 Å². The first-order chi connectivity index (χ1) is 14.2. The van der Waals surface area contributed by atoms with E-state index < -0.39 is 0 Å². The van der Waals surface area contributed by atoms with E-state index in [1.54, 1.807) is 12.4 Å². The van der Waals surface area contributed by atoms with Crippen LogP contribution >= 0.6 is 0 Å². The fourth-order valence-corrected chi connectivity index (χ4v) is 3.03. The number of nitrogens with zero attached hydrogens (tertiary/aromatic N) is 4. The summed E-state index contributed by atoms with van der Waals surface area (Å²) in [6, 6.07) is 13.8. The van der Waals surface area contributed by atoms with Gasteiger partial charge < -0.3 is 10.6 Å². The van der Waals surface area contributed by atoms with E-state index in [-0.39, 0.29) is 12.5 Å². The average Bonchev–Trinajstić information content (AvgIpc) is 3.13. The fourth-order valence-electron chi connectivity index (χ4n) is 3.03. The molecule has 0 aliphatic carbocycles. The Labute approximate surface area is 168 Å². The first-order valence-electron chi connectivity index (χ1n) is 9.17. The molecule has 0 atom stereocenters. The van der Waals surface area contributed by atoms with Gasteiger partial charge in [-0.3, -0.25) is 9.20 Å². The molecule has 3 heterocycles. The normalized spacial score (nSPS) is 10.7. The molecule has 0 aliphatic rings. The molecule has 0 fully saturated rings. The fraction of sp³-hybridized carbons (Fsp3) is 0.0909. The van der Waals surface area contributed by atoms with Gasteiger partial charge in [0.25, 0.3) is 0 Å². The zero-order valence-electron chi connectivity index (χ0n) is 16.0. The van der Waals surface area contributed by atoms with Gasteiger partial charge in [-0.25, -0.2) is 15.0 Å². The second kappa shape index (κ2) is 7.93. The molecule has 0 radical (unpaired) electrons. The predicted molar refractivity (Wildman–Crippen MR) is 113 cm³/mol. The van der Waals surface area contributed by atoms with Crippen molar-refractivity contribution in [3.05, 3.63) is 85.1 Å². The van der Waals surface area contributed by atoms with Crippen LogP contribution in [0.25, 0.3) is 16.8 Å². The van der Waals surface area contributed by atoms with Crippen molar-refractivity contribution >= 4 is 23.1 Å². The monoisotopic (exact) mass is 384 g/mol. The lowest BCUT2D eigenvalue weighted by Crippen LogP contribution is -2.21. The summed E-state index contributed by atoms with van der Waals surface area (Å²) in [5.74, 6) is 1.76. The maximum absolute atomic E-state index is 11.6. The molecule has 3 aromatic heterocycles. The number of hydrogen-bond donors (Lipinski definition) is 2. The molecule has 0 spiro atoms. The lowest BCUT2D eigenvalue weighted by atomic mass is 10.1. The third-order valence-corrected chi connectivity index (χ3v) is 4.47. The number of aryl methyl sites for hydroxylation is 1. The number of anilines is 2. The minimum Gasteiger partial charge on any atom is -0.345 e. The Hall–Kier alpha value is -4.00. The zero-order chi connectivity index (χ0) is 20.2. The van der Waals surface area contributed by atoms with Crippen molar-refractivity contribution in [1.29, 1.82) is 0 Å². The molecule has 0 saturated carbocycles. The minimum atomic E-state index is -0.250. The maximum atomic E-state index is 11.6. The van der Waals surface area contributed by atoms with Gasteiger partial charge in [-0.15, -0.1) is 0 Å². The summed E-state index contributed by atoms with van der Waals surface area (Å²) in [7, 11) is 0. The molecule has 0 saturated heterocycles. The Morgan fingerprint density at radius 2 is 1.97 bits per heavy atom. The van der Waals surface area contributed by atoms with Crippen LogP contribution in [-0.4, -0.2) is 25.3 Å². The van der Waals surface area contributed by atoms with Gasteiger partial charge in [0.1, 0.15) is 22.9 Å². The summed E-state index contributed by atoms with van der Waals surface area (Å²) < 4.78 is 1.93. The number of carbonyl (C=O) groups is 1. The first kappa shape index (κ1) is 18.4. The van der Waals surface area contributed by atoms with E-state index in [2.05, 4.69) is 27.2 Å². The van der Waals surface area contributed by atoms with Gasteiger partial charge in [-0.05, 0) is 25.1 Å². The molecule has 0 unspecified atom stereocenters. The molecule has 7 heteroatoms. The number of aromatic nitrogens is 4. The van der Waals surface area contributed by atoms with Crippen molar-refractivity contribution in [1.82, 2.24) is 24.7 Å². The number of benzene rings is 1. The lowest BCUT2D eigenvalue weighted by molar-refractivity contribution is -0.116. The summed E-state index contributed by atoms with van der Waals surface area (Å²) >= 11 is 0. The maximum Gasteiger partial charge on any atom is 0.243 e. The second-order valence-electron chi connectivity index (χ2n) is 6.50. The predicted octanol–water partition coefficient (Wildman–Crippen LogP) is 3.65. The lowest BCUT2D eigenvalue weighted by Gasteiger charge is -2.08. The summed E-state index contributed by atoms with van der Waals surface area (Å²) in [5, 5.41) is 6.06. The van der Waals surface area contributed by atoms with E-state index in [1.165, 1.54) is 11.6 Å². The van der Waals surface area contributed by atoms with Crippen LogP contribution in [0.2, 0.25) is 0 Å². The Balaban J connectivity index is 1.85. The standard InChI is InChI=1S/C22H20N6O/c1-3-19(29)25-14-18-27-20(16-9-7-15(2)8-10-16)21-22(24-12-13-28(18)21)26-17-6-4-5-11-23-17/h3-13H,1,14H2,2H3,(H,25,29)(H,23,24,26). The number of hydrogen-bond acceptors (Lipinski definition) is 5. The zero-order valence-corrected chi connectivity index (χ0v) is 16.0. The number of amides is 1. The number of fused-ring (bicyclic) bond motifs is 1. The van der Waals surface area contributed by atoms with Gasteiger partial charge in [-0.1, -0.05) is 42.5 Å². The highest BCUT2D eigenvalue weighted by Crippen LogP contribution is 2.30. The van der Waals surface area contributed by atoms with Crippen LogP contribution in [0.4, 0.5) is 11.6 Å². The number of carbonyl (C=O) groups excluding carboxylic acids is 1. The summed E-state index contributed by atoms with van der Waals surface area (Å²) in [4.78, 5) is 25.3. The quantitative estimate of drug-likeness (QED) is 0.496. The van der Waals surface area contributed by atoms with E-state index in [4.69, 9.17) is 4.98 Å². The van der Waals surface area contributed by atoms with Crippen molar-refractivity contribution in [3.8, 4) is 11.3 Å². The molecule has 7 nitrogen and oxygen atoms in total. The summed E-state index contributed by atoms with van der Waals surface area (Å²) in [5.41, 5.74) is 3.72. The molecule has 4 aromatic rings. The minimum absolute atomic E-state index is 0.250. The van der Waals surface area contributed by atoms with E-state index in [9.17, 15) is 4.79 Å². The van der Waals surface area contributed by atoms with Crippen LogP contribution in [0.5, 0.6) is 0 Å². The van der Waals surface area contributed by atoms with Crippen LogP contribution in [0.15, 0.2) is 73.7 Å². The highest BCUT2D eigenvalue weighted by Gasteiger charge is 2.17. The molecule has 1 aromatic carbocycles. The van der Waals surface area contributed by atoms with Gasteiger partial charge in [0, 0.05) is 24.2 Å². The van der Waals surface area contributed by atoms with E-state index in [0.29, 0.717) is 17.5 Å². The van der Waals surface area contributed by atoms with Gasteiger partial charge in [0.2, 0.25) is 5.91 Å². The SMILES string of the molecule is C=CC(=O)NCc1nc(-c2ccc(C)cc2)c2c(Nc3ccccn3)nccn12. The highest BCUT2D eigenvalue weighted by atomic mass is 16.1. The van der Waals surface area contributed by atoms with E-state index in [1.807, 2.05) is 60.0 Å². The largest absolute Gasteiger partial charge is 0.345 e. The van der Waals surface area contributed by atoms with E-state index in [0.717, 1.165) is 16.8 Å². The van der Waals surface area contributed by atoms with Crippen LogP contribution in [0.1, 0.15) is 11.4 Å². The number of pyridine rings is 1. The molecular formula is C22H20N6O. The van der Waals surface area contributed by atoms with Gasteiger partial charge >= 0.3 is 0 Å². The number of nitrogens with one attached hydrogen (secondary N) is 2. The Morgan fingerprint density at radius 1 is 1.14 bits per heavy atom. The molecule has 0 bridgehead atoms. The second-order valence-corrected chi connectivity index (χ2v) is 6.50. The Bertz CT molecular complexity index is 1170. The van der Waals surface area contributed by atoms with Crippen LogP contribution < -0.4 is 10.6 Å². The number of imidazole rings is 1. The van der Waals surface area contributed by atoms with Crippen molar-refractivity contribution < 1.29 is 4.79 Å². The Kier molecular flexibility index (Phi) is 5.03. The highest BCUT2D eigenvalue weighted by molar-refractivity contribution is 5.88. The van der Waals surface area contributed by atoms with Crippen molar-refractivity contribution in [2.24, 2.45) is 0 Å². The van der Waals surface area contributed by atoms with Gasteiger partial charge in [0.05, 0.1) is 6.54 Å². The third-order valence-electron chi connectivity index (χ3n) is 4.47. The van der Waals surface area contributed by atoms with Crippen molar-refractivity contribution in [3.63, 3.8) is 0 Å². The topological polar surface area (TPSA) is 84.2 Å². The molecule has 4 rings (SSSR count). The van der Waals surface area contributed by atoms with Gasteiger partial charge in [0.15, 0.2) is 5.82 Å². The molecule has 144 valence electrons. The van der Waals surface area contributed by atoms with Crippen LogP contribution in [0.3, 0.4) is 0 Å². The number of rotatable bonds is 6. The Morgan fingerprint density at radius 3 is 2.69 bits per heavy atom. The summed E-state index contributed by atoms with van der Waals surface area (Å²) in [6.45, 7) is 5.80. The molecule has 1 amide bonds. The van der Waals surface area contributed by atoms with Crippen LogP contribution in [0, 0.1) is 6.92 Å². The molecule has 29 heavy (non-hydrogen) atoms. The molecular weight excluding hydrogens is 364 g/mol. The first-order valence-corrected chi connectivity index (χ1v) is 9.17. The van der Waals surface area contributed by atoms with Gasteiger partial charge in [-0.2, -0.15) is 0 Å². The smallest absolute Gasteiger partial charge is 0.243 e. The summed E-state index contributed by atoms with van der Waals surface area (Å²) in [6.07, 6.45) is 6.49. The van der Waals surface area contributed by atoms with Crippen molar-refractivity contribution in [2.45, 2.75) is 13.5 Å². The average molecular weight is 384 g/mol. The third kappa shape index (κ3) is 3.84. The molecule has 2 N–H and O–H groups in total.